The number of allylic oxidation sites excluding steroid dienone is 2. The van der Waals surface area contributed by atoms with Crippen molar-refractivity contribution < 1.29 is 27.5 Å². The Hall–Kier alpha value is -2.35. The molecule has 0 bridgehead atoms. The number of carbonyl (C=O) groups is 2. The smallest absolute Gasteiger partial charge is 0.323 e. The van der Waals surface area contributed by atoms with Crippen LogP contribution < -0.4 is 0 Å². The summed E-state index contributed by atoms with van der Waals surface area (Å²) in [4.78, 5) is 25.6. The third-order valence-corrected chi connectivity index (χ3v) is 7.24. The maximum absolute atomic E-state index is 12.7. The van der Waals surface area contributed by atoms with Crippen LogP contribution in [0.3, 0.4) is 0 Å². The minimum Gasteiger partial charge on any atom is -0.468 e. The molecule has 0 N–H and O–H groups in total. The molecule has 2 aromatic rings. The quantitative estimate of drug-likeness (QED) is 0.462. The van der Waals surface area contributed by atoms with Gasteiger partial charge in [-0.1, -0.05) is 41.4 Å². The zero-order chi connectivity index (χ0) is 23.0. The van der Waals surface area contributed by atoms with Gasteiger partial charge in [0, 0.05) is 19.1 Å². The van der Waals surface area contributed by atoms with Gasteiger partial charge in [-0.3, -0.25) is 9.59 Å². The molecule has 164 valence electrons. The van der Waals surface area contributed by atoms with Gasteiger partial charge in [0.25, 0.3) is 0 Å². The molecule has 0 saturated carbocycles. The topological polar surface area (TPSA) is 86.7 Å². The van der Waals surface area contributed by atoms with Crippen LogP contribution in [-0.2, 0) is 28.9 Å². The van der Waals surface area contributed by atoms with Gasteiger partial charge in [-0.2, -0.15) is 0 Å². The average molecular weight is 483 g/mol. The van der Waals surface area contributed by atoms with Gasteiger partial charge in [0.1, 0.15) is 0 Å². The maximum Gasteiger partial charge on any atom is 0.323 e. The lowest BCUT2D eigenvalue weighted by Gasteiger charge is -2.23. The molecule has 0 radical (unpaired) electrons. The minimum absolute atomic E-state index is 0.0279. The van der Waals surface area contributed by atoms with Gasteiger partial charge in [0.05, 0.1) is 29.2 Å². The zero-order valence-corrected chi connectivity index (χ0v) is 19.4. The number of esters is 2. The predicted octanol–water partition coefficient (Wildman–Crippen LogP) is 4.43. The van der Waals surface area contributed by atoms with Gasteiger partial charge >= 0.3 is 11.9 Å². The Labute approximate surface area is 190 Å². The third-order valence-electron chi connectivity index (χ3n) is 5.37. The van der Waals surface area contributed by atoms with Gasteiger partial charge in [-0.15, -0.1) is 0 Å². The highest BCUT2D eigenvalue weighted by Gasteiger charge is 2.53. The summed E-state index contributed by atoms with van der Waals surface area (Å²) in [6, 6.07) is 11.3. The second kappa shape index (κ2) is 8.65. The third kappa shape index (κ3) is 4.35. The Morgan fingerprint density at radius 1 is 0.839 bits per heavy atom. The van der Waals surface area contributed by atoms with Crippen LogP contribution in [0.1, 0.15) is 24.0 Å². The first kappa shape index (κ1) is 23.3. The molecule has 0 aromatic heterocycles. The minimum atomic E-state index is -3.37. The standard InChI is InChI=1S/C22H20Cl2O6S/c1-29-20(25)22(21(26)30-2)11-16(13-4-7-15(8-5-13)31(3,27)28)17(12-22)14-6-9-18(23)19(24)10-14/h4-10H,11-12H2,1-3H3. The lowest BCUT2D eigenvalue weighted by atomic mass is 9.82. The van der Waals surface area contributed by atoms with Crippen LogP contribution in [0.5, 0.6) is 0 Å². The van der Waals surface area contributed by atoms with E-state index in [0.29, 0.717) is 32.3 Å². The fourth-order valence-corrected chi connectivity index (χ4v) is 4.71. The van der Waals surface area contributed by atoms with Crippen molar-refractivity contribution >= 4 is 56.1 Å². The molecule has 0 heterocycles. The Balaban J connectivity index is 2.20. The van der Waals surface area contributed by atoms with E-state index < -0.39 is 27.2 Å². The van der Waals surface area contributed by atoms with E-state index in [0.717, 1.165) is 6.26 Å². The van der Waals surface area contributed by atoms with Crippen LogP contribution >= 0.6 is 23.2 Å². The van der Waals surface area contributed by atoms with E-state index in [2.05, 4.69) is 0 Å². The van der Waals surface area contributed by atoms with E-state index >= 15 is 0 Å². The van der Waals surface area contributed by atoms with Crippen LogP contribution in [-0.4, -0.2) is 40.8 Å². The van der Waals surface area contributed by atoms with E-state index in [1.807, 2.05) is 0 Å². The zero-order valence-electron chi connectivity index (χ0n) is 17.1. The second-order valence-corrected chi connectivity index (χ2v) is 10.1. The van der Waals surface area contributed by atoms with Crippen molar-refractivity contribution in [2.75, 3.05) is 20.5 Å². The van der Waals surface area contributed by atoms with Gasteiger partial charge in [-0.05, 0) is 46.5 Å². The molecule has 0 atom stereocenters. The Bertz CT molecular complexity index is 1170. The summed E-state index contributed by atoms with van der Waals surface area (Å²) < 4.78 is 33.5. The SMILES string of the molecule is COC(=O)C1(C(=O)OC)CC(c2ccc(S(C)(=O)=O)cc2)=C(c2ccc(Cl)c(Cl)c2)C1. The van der Waals surface area contributed by atoms with Crippen molar-refractivity contribution in [1.82, 2.24) is 0 Å². The Morgan fingerprint density at radius 3 is 1.77 bits per heavy atom. The molecule has 0 fully saturated rings. The van der Waals surface area contributed by atoms with Crippen LogP contribution in [0.25, 0.3) is 11.1 Å². The molecular formula is C22H20Cl2O6S. The second-order valence-electron chi connectivity index (χ2n) is 7.30. The molecule has 31 heavy (non-hydrogen) atoms. The monoisotopic (exact) mass is 482 g/mol. The van der Waals surface area contributed by atoms with Crippen LogP contribution in [0, 0.1) is 5.41 Å². The van der Waals surface area contributed by atoms with Gasteiger partial charge < -0.3 is 9.47 Å². The molecule has 1 aliphatic rings. The number of hydrogen-bond donors (Lipinski definition) is 0. The highest BCUT2D eigenvalue weighted by Crippen LogP contribution is 2.52. The molecule has 2 aromatic carbocycles. The molecule has 0 saturated heterocycles. The predicted molar refractivity (Wildman–Crippen MR) is 119 cm³/mol. The average Bonchev–Trinajstić information content (AvgIpc) is 3.16. The summed E-state index contributed by atoms with van der Waals surface area (Å²) >= 11 is 12.3. The normalized spacial score (nSPS) is 15.6. The number of hydrogen-bond acceptors (Lipinski definition) is 6. The molecule has 3 rings (SSSR count). The molecular weight excluding hydrogens is 463 g/mol. The number of rotatable bonds is 5. The molecule has 0 aliphatic heterocycles. The maximum atomic E-state index is 12.7. The van der Waals surface area contributed by atoms with Crippen LogP contribution in [0.4, 0.5) is 0 Å². The number of carbonyl (C=O) groups excluding carboxylic acids is 2. The Morgan fingerprint density at radius 2 is 1.32 bits per heavy atom. The number of ether oxygens (including phenoxy) is 2. The van der Waals surface area contributed by atoms with Gasteiger partial charge in [0.15, 0.2) is 15.3 Å². The van der Waals surface area contributed by atoms with Crippen LogP contribution in [0.2, 0.25) is 10.0 Å². The van der Waals surface area contributed by atoms with E-state index in [1.165, 1.54) is 26.4 Å². The molecule has 0 amide bonds. The Kier molecular flexibility index (Phi) is 6.51. The number of sulfone groups is 1. The van der Waals surface area contributed by atoms with Crippen molar-refractivity contribution in [2.24, 2.45) is 5.41 Å². The van der Waals surface area contributed by atoms with E-state index in [-0.39, 0.29) is 17.7 Å². The largest absolute Gasteiger partial charge is 0.468 e. The first-order valence-electron chi connectivity index (χ1n) is 9.18. The summed E-state index contributed by atoms with van der Waals surface area (Å²) in [6.45, 7) is 0. The van der Waals surface area contributed by atoms with Crippen molar-refractivity contribution in [3.63, 3.8) is 0 Å². The summed E-state index contributed by atoms with van der Waals surface area (Å²) in [6.07, 6.45) is 1.19. The summed E-state index contributed by atoms with van der Waals surface area (Å²) in [7, 11) is -0.947. The van der Waals surface area contributed by atoms with Gasteiger partial charge in [0.2, 0.25) is 0 Å². The summed E-state index contributed by atoms with van der Waals surface area (Å²) in [5, 5.41) is 0.697. The first-order valence-corrected chi connectivity index (χ1v) is 11.8. The lowest BCUT2D eigenvalue weighted by molar-refractivity contribution is -0.167. The lowest BCUT2D eigenvalue weighted by Crippen LogP contribution is -2.39. The van der Waals surface area contributed by atoms with Crippen LogP contribution in [0.15, 0.2) is 47.4 Å². The van der Waals surface area contributed by atoms with Crippen molar-refractivity contribution in [3.05, 3.63) is 63.6 Å². The van der Waals surface area contributed by atoms with Crippen molar-refractivity contribution in [1.29, 1.82) is 0 Å². The molecule has 0 spiro atoms. The molecule has 6 nitrogen and oxygen atoms in total. The summed E-state index contributed by atoms with van der Waals surface area (Å²) in [5.74, 6) is -1.42. The van der Waals surface area contributed by atoms with E-state index in [1.54, 1.807) is 30.3 Å². The van der Waals surface area contributed by atoms with Crippen molar-refractivity contribution in [2.45, 2.75) is 17.7 Å². The number of benzene rings is 2. The number of halogens is 2. The van der Waals surface area contributed by atoms with E-state index in [9.17, 15) is 18.0 Å². The van der Waals surface area contributed by atoms with Crippen molar-refractivity contribution in [3.8, 4) is 0 Å². The number of methoxy groups -OCH3 is 2. The summed E-state index contributed by atoms with van der Waals surface area (Å²) in [5.41, 5.74) is 1.18. The first-order chi connectivity index (χ1) is 14.5. The van der Waals surface area contributed by atoms with Gasteiger partial charge in [-0.25, -0.2) is 8.42 Å². The molecule has 1 aliphatic carbocycles. The molecule has 9 heteroatoms. The van der Waals surface area contributed by atoms with E-state index in [4.69, 9.17) is 32.7 Å². The highest BCUT2D eigenvalue weighted by atomic mass is 35.5. The highest BCUT2D eigenvalue weighted by molar-refractivity contribution is 7.90. The fraction of sp³-hybridized carbons (Fsp3) is 0.273. The fourth-order valence-electron chi connectivity index (χ4n) is 3.78. The molecule has 0 unspecified atom stereocenters.